The van der Waals surface area contributed by atoms with E-state index >= 15 is 0 Å². The van der Waals surface area contributed by atoms with Gasteiger partial charge >= 0.3 is 5.97 Å². The number of nitrogens with two attached hydrogens (primary N) is 1. The number of fused-ring (bicyclic) bond motifs is 1. The summed E-state index contributed by atoms with van der Waals surface area (Å²) in [6.45, 7) is 2.43. The first-order valence-electron chi connectivity index (χ1n) is 5.81. The lowest BCUT2D eigenvalue weighted by atomic mass is 10.1. The smallest absolute Gasteiger partial charge is 0.341 e. The van der Waals surface area contributed by atoms with Crippen molar-refractivity contribution in [3.05, 3.63) is 39.9 Å². The Kier molecular flexibility index (Phi) is 3.25. The number of nitrogens with zero attached hydrogens (tertiary/aromatic N) is 1. The van der Waals surface area contributed by atoms with Crippen molar-refractivity contribution >= 4 is 22.6 Å². The first-order valence-corrected chi connectivity index (χ1v) is 5.81. The number of rotatable bonds is 3. The second kappa shape index (κ2) is 4.72. The number of halogens is 1. The van der Waals surface area contributed by atoms with Gasteiger partial charge in [0.1, 0.15) is 11.4 Å². The molecular weight excluding hydrogens is 251 g/mol. The van der Waals surface area contributed by atoms with E-state index in [0.717, 1.165) is 12.5 Å². The van der Waals surface area contributed by atoms with Gasteiger partial charge in [0, 0.05) is 18.1 Å². The lowest BCUT2D eigenvalue weighted by Crippen LogP contribution is -2.19. The molecule has 5 nitrogen and oxygen atoms in total. The Hall–Kier alpha value is -2.37. The van der Waals surface area contributed by atoms with Gasteiger partial charge in [0.2, 0.25) is 5.43 Å². The largest absolute Gasteiger partial charge is 0.477 e. The van der Waals surface area contributed by atoms with Gasteiger partial charge in [-0.25, -0.2) is 9.18 Å². The molecule has 3 N–H and O–H groups in total. The minimum Gasteiger partial charge on any atom is -0.477 e. The van der Waals surface area contributed by atoms with Crippen molar-refractivity contribution in [3.63, 3.8) is 0 Å². The Morgan fingerprint density at radius 1 is 1.47 bits per heavy atom. The molecule has 0 saturated carbocycles. The van der Waals surface area contributed by atoms with Crippen molar-refractivity contribution < 1.29 is 14.3 Å². The van der Waals surface area contributed by atoms with Crippen molar-refractivity contribution in [1.29, 1.82) is 0 Å². The van der Waals surface area contributed by atoms with Gasteiger partial charge in [-0.05, 0) is 18.6 Å². The van der Waals surface area contributed by atoms with Gasteiger partial charge in [0.15, 0.2) is 0 Å². The van der Waals surface area contributed by atoms with Crippen molar-refractivity contribution in [1.82, 2.24) is 4.57 Å². The molecule has 2 rings (SSSR count). The summed E-state index contributed by atoms with van der Waals surface area (Å²) in [5.74, 6) is -2.05. The lowest BCUT2D eigenvalue weighted by Gasteiger charge is -2.12. The van der Waals surface area contributed by atoms with Gasteiger partial charge in [0.05, 0.1) is 11.2 Å². The number of pyridine rings is 1. The predicted octanol–water partition coefficient (Wildman–Crippen LogP) is 1.83. The van der Waals surface area contributed by atoms with Gasteiger partial charge in [-0.15, -0.1) is 0 Å². The zero-order valence-electron chi connectivity index (χ0n) is 10.3. The summed E-state index contributed by atoms with van der Waals surface area (Å²) in [6.07, 6.45) is 2.02. The van der Waals surface area contributed by atoms with Crippen LogP contribution in [0.4, 0.5) is 10.1 Å². The van der Waals surface area contributed by atoms with E-state index in [1.165, 1.54) is 12.3 Å². The van der Waals surface area contributed by atoms with Gasteiger partial charge < -0.3 is 15.4 Å². The molecule has 19 heavy (non-hydrogen) atoms. The number of anilines is 1. The maximum Gasteiger partial charge on any atom is 0.341 e. The molecule has 0 aliphatic rings. The van der Waals surface area contributed by atoms with E-state index in [-0.39, 0.29) is 16.6 Å². The maximum absolute atomic E-state index is 13.5. The summed E-state index contributed by atoms with van der Waals surface area (Å²) in [7, 11) is 0. The molecule has 0 fully saturated rings. The minimum absolute atomic E-state index is 0.0278. The van der Waals surface area contributed by atoms with E-state index in [0.29, 0.717) is 12.1 Å². The zero-order chi connectivity index (χ0) is 14.2. The average molecular weight is 264 g/mol. The molecule has 2 aromatic rings. The highest BCUT2D eigenvalue weighted by molar-refractivity contribution is 5.93. The number of aromatic nitrogens is 1. The summed E-state index contributed by atoms with van der Waals surface area (Å²) >= 11 is 0. The quantitative estimate of drug-likeness (QED) is 0.828. The molecule has 0 aliphatic carbocycles. The molecule has 0 bridgehead atoms. The first kappa shape index (κ1) is 13.1. The number of hydrogen-bond acceptors (Lipinski definition) is 3. The van der Waals surface area contributed by atoms with Crippen LogP contribution in [0, 0.1) is 5.82 Å². The third kappa shape index (κ3) is 2.16. The fourth-order valence-electron chi connectivity index (χ4n) is 2.00. The zero-order valence-corrected chi connectivity index (χ0v) is 10.3. The van der Waals surface area contributed by atoms with Crippen LogP contribution in [0.15, 0.2) is 23.1 Å². The molecular formula is C13H13FN2O3. The van der Waals surface area contributed by atoms with Gasteiger partial charge in [-0.1, -0.05) is 6.92 Å². The summed E-state index contributed by atoms with van der Waals surface area (Å²) < 4.78 is 15.1. The Morgan fingerprint density at radius 2 is 2.16 bits per heavy atom. The Morgan fingerprint density at radius 3 is 2.74 bits per heavy atom. The van der Waals surface area contributed by atoms with Crippen LogP contribution in [0.5, 0.6) is 0 Å². The summed E-state index contributed by atoms with van der Waals surface area (Å²) in [5, 5.41) is 9.04. The molecule has 1 aromatic carbocycles. The third-order valence-corrected chi connectivity index (χ3v) is 2.89. The van der Waals surface area contributed by atoms with Crippen molar-refractivity contribution in [2.75, 3.05) is 5.73 Å². The SMILES string of the molecule is CCCn1cc(C(=O)O)c(=O)c2cc(F)c(N)cc21. The van der Waals surface area contributed by atoms with E-state index in [4.69, 9.17) is 10.8 Å². The molecule has 100 valence electrons. The lowest BCUT2D eigenvalue weighted by molar-refractivity contribution is 0.0695. The number of aryl methyl sites for hydroxylation is 1. The van der Waals surface area contributed by atoms with Crippen LogP contribution in [0.1, 0.15) is 23.7 Å². The molecule has 6 heteroatoms. The molecule has 0 radical (unpaired) electrons. The van der Waals surface area contributed by atoms with Crippen LogP contribution in [-0.4, -0.2) is 15.6 Å². The number of aromatic carboxylic acids is 1. The fraction of sp³-hybridized carbons (Fsp3) is 0.231. The van der Waals surface area contributed by atoms with Gasteiger partial charge in [0.25, 0.3) is 0 Å². The van der Waals surface area contributed by atoms with E-state index in [1.54, 1.807) is 4.57 Å². The predicted molar refractivity (Wildman–Crippen MR) is 69.8 cm³/mol. The normalized spacial score (nSPS) is 10.8. The molecule has 0 unspecified atom stereocenters. The highest BCUT2D eigenvalue weighted by Gasteiger charge is 2.15. The van der Waals surface area contributed by atoms with Gasteiger partial charge in [-0.2, -0.15) is 0 Å². The van der Waals surface area contributed by atoms with Gasteiger partial charge in [-0.3, -0.25) is 4.79 Å². The molecule has 0 atom stereocenters. The second-order valence-electron chi connectivity index (χ2n) is 4.26. The Bertz CT molecular complexity index is 722. The number of benzene rings is 1. The summed E-state index contributed by atoms with van der Waals surface area (Å²) in [5.41, 5.74) is 4.79. The number of hydrogen-bond donors (Lipinski definition) is 2. The monoisotopic (exact) mass is 264 g/mol. The molecule has 1 aromatic heterocycles. The maximum atomic E-state index is 13.5. The fourth-order valence-corrected chi connectivity index (χ4v) is 2.00. The average Bonchev–Trinajstić information content (AvgIpc) is 2.35. The highest BCUT2D eigenvalue weighted by Crippen LogP contribution is 2.19. The summed E-state index contributed by atoms with van der Waals surface area (Å²) in [6, 6.07) is 2.35. The molecule has 0 aliphatic heterocycles. The summed E-state index contributed by atoms with van der Waals surface area (Å²) in [4.78, 5) is 23.0. The van der Waals surface area contributed by atoms with Crippen LogP contribution >= 0.6 is 0 Å². The number of nitrogen functional groups attached to an aromatic ring is 1. The van der Waals surface area contributed by atoms with Crippen LogP contribution in [0.25, 0.3) is 10.9 Å². The van der Waals surface area contributed by atoms with Crippen LogP contribution in [0.3, 0.4) is 0 Å². The number of carboxylic acid groups (broad SMARTS) is 1. The van der Waals surface area contributed by atoms with E-state index in [1.807, 2.05) is 6.92 Å². The first-order chi connectivity index (χ1) is 8.95. The second-order valence-corrected chi connectivity index (χ2v) is 4.26. The molecule has 0 saturated heterocycles. The van der Waals surface area contributed by atoms with E-state index in [9.17, 15) is 14.0 Å². The van der Waals surface area contributed by atoms with Crippen LogP contribution in [-0.2, 0) is 6.54 Å². The standard InChI is InChI=1S/C13H13FN2O3/c1-2-3-16-6-8(13(18)19)12(17)7-4-9(14)10(15)5-11(7)16/h4-6H,2-3,15H2,1H3,(H,18,19). The molecule has 0 spiro atoms. The number of carbonyl (C=O) groups is 1. The topological polar surface area (TPSA) is 85.3 Å². The Balaban J connectivity index is 2.92. The minimum atomic E-state index is -1.33. The van der Waals surface area contributed by atoms with Crippen molar-refractivity contribution in [3.8, 4) is 0 Å². The van der Waals surface area contributed by atoms with E-state index < -0.39 is 17.2 Å². The van der Waals surface area contributed by atoms with E-state index in [2.05, 4.69) is 0 Å². The molecule has 0 amide bonds. The van der Waals surface area contributed by atoms with Crippen LogP contribution in [0.2, 0.25) is 0 Å². The van der Waals surface area contributed by atoms with Crippen molar-refractivity contribution in [2.24, 2.45) is 0 Å². The Labute approximate surface area is 108 Å². The third-order valence-electron chi connectivity index (χ3n) is 2.89. The van der Waals surface area contributed by atoms with Crippen molar-refractivity contribution in [2.45, 2.75) is 19.9 Å². The highest BCUT2D eigenvalue weighted by atomic mass is 19.1. The number of carboxylic acids is 1. The van der Waals surface area contributed by atoms with Crippen LogP contribution < -0.4 is 11.2 Å². The molecule has 1 heterocycles.